The summed E-state index contributed by atoms with van der Waals surface area (Å²) in [6.45, 7) is 12.6. The standard InChI is InChI=1S/C22H24N4S2/c1-13-11-15(3)19-18(12-13)28-21(23-19)25-7-9-26(10-8-25)22-24-20-16(4)14(2)5-6-17(20)27-22/h5-6,11-12H,7-10H2,1-4H3. The molecule has 0 amide bonds. The molecule has 0 N–H and O–H groups in total. The number of piperazine rings is 1. The minimum Gasteiger partial charge on any atom is -0.345 e. The fraction of sp³-hybridized carbons (Fsp3) is 0.364. The molecule has 0 unspecified atom stereocenters. The molecule has 0 atom stereocenters. The van der Waals surface area contributed by atoms with Crippen molar-refractivity contribution in [3.8, 4) is 0 Å². The molecular formula is C22H24N4S2. The molecule has 4 nitrogen and oxygen atoms in total. The van der Waals surface area contributed by atoms with E-state index in [1.54, 1.807) is 0 Å². The summed E-state index contributed by atoms with van der Waals surface area (Å²) in [6, 6.07) is 8.89. The topological polar surface area (TPSA) is 32.3 Å². The highest BCUT2D eigenvalue weighted by molar-refractivity contribution is 7.22. The molecule has 6 heteroatoms. The van der Waals surface area contributed by atoms with E-state index in [4.69, 9.17) is 9.97 Å². The summed E-state index contributed by atoms with van der Waals surface area (Å²) in [5, 5.41) is 2.30. The van der Waals surface area contributed by atoms with E-state index in [2.05, 4.69) is 61.8 Å². The number of aryl methyl sites for hydroxylation is 4. The second-order valence-corrected chi connectivity index (χ2v) is 9.77. The highest BCUT2D eigenvalue weighted by atomic mass is 32.1. The van der Waals surface area contributed by atoms with E-state index in [9.17, 15) is 0 Å². The average molecular weight is 409 g/mol. The van der Waals surface area contributed by atoms with Crippen molar-refractivity contribution in [2.45, 2.75) is 27.7 Å². The van der Waals surface area contributed by atoms with Crippen LogP contribution in [-0.2, 0) is 0 Å². The Morgan fingerprint density at radius 1 is 0.714 bits per heavy atom. The number of hydrogen-bond acceptors (Lipinski definition) is 6. The van der Waals surface area contributed by atoms with Gasteiger partial charge >= 0.3 is 0 Å². The van der Waals surface area contributed by atoms with E-state index in [-0.39, 0.29) is 0 Å². The number of fused-ring (bicyclic) bond motifs is 2. The van der Waals surface area contributed by atoms with Crippen LogP contribution >= 0.6 is 22.7 Å². The first-order valence-electron chi connectivity index (χ1n) is 9.74. The predicted octanol–water partition coefficient (Wildman–Crippen LogP) is 5.47. The summed E-state index contributed by atoms with van der Waals surface area (Å²) in [5.41, 5.74) is 7.53. The highest BCUT2D eigenvalue weighted by Gasteiger charge is 2.23. The van der Waals surface area contributed by atoms with Crippen LogP contribution in [0.15, 0.2) is 24.3 Å². The number of aromatic nitrogens is 2. The van der Waals surface area contributed by atoms with Gasteiger partial charge in [-0.25, -0.2) is 9.97 Å². The second-order valence-electron chi connectivity index (χ2n) is 7.75. The van der Waals surface area contributed by atoms with Crippen molar-refractivity contribution < 1.29 is 0 Å². The zero-order valence-electron chi connectivity index (χ0n) is 16.7. The molecular weight excluding hydrogens is 384 g/mol. The Balaban J connectivity index is 1.36. The molecule has 1 saturated heterocycles. The lowest BCUT2D eigenvalue weighted by Crippen LogP contribution is -2.46. The van der Waals surface area contributed by atoms with E-state index < -0.39 is 0 Å². The minimum atomic E-state index is 0.992. The smallest absolute Gasteiger partial charge is 0.186 e. The molecule has 28 heavy (non-hydrogen) atoms. The third kappa shape index (κ3) is 2.95. The van der Waals surface area contributed by atoms with Crippen LogP contribution in [0.25, 0.3) is 20.4 Å². The van der Waals surface area contributed by atoms with Gasteiger partial charge in [0.1, 0.15) is 0 Å². The molecule has 0 aliphatic carbocycles. The lowest BCUT2D eigenvalue weighted by molar-refractivity contribution is 0.651. The number of rotatable bonds is 2. The zero-order valence-corrected chi connectivity index (χ0v) is 18.4. The van der Waals surface area contributed by atoms with E-state index in [0.717, 1.165) is 42.0 Å². The van der Waals surface area contributed by atoms with Gasteiger partial charge < -0.3 is 9.80 Å². The Hall–Kier alpha value is -2.18. The summed E-state index contributed by atoms with van der Waals surface area (Å²) >= 11 is 3.63. The van der Waals surface area contributed by atoms with Crippen molar-refractivity contribution in [2.75, 3.05) is 36.0 Å². The Labute approximate surface area is 173 Å². The number of hydrogen-bond donors (Lipinski definition) is 0. The summed E-state index contributed by atoms with van der Waals surface area (Å²) < 4.78 is 2.59. The minimum absolute atomic E-state index is 0.992. The van der Waals surface area contributed by atoms with Gasteiger partial charge in [-0.3, -0.25) is 0 Å². The van der Waals surface area contributed by atoms with Crippen LogP contribution in [0, 0.1) is 27.7 Å². The molecule has 1 aliphatic heterocycles. The van der Waals surface area contributed by atoms with Crippen molar-refractivity contribution in [2.24, 2.45) is 0 Å². The number of anilines is 2. The molecule has 0 spiro atoms. The largest absolute Gasteiger partial charge is 0.345 e. The van der Waals surface area contributed by atoms with Gasteiger partial charge in [0.15, 0.2) is 10.3 Å². The van der Waals surface area contributed by atoms with Gasteiger partial charge in [-0.05, 0) is 62.1 Å². The number of benzene rings is 2. The molecule has 4 aromatic rings. The zero-order chi connectivity index (χ0) is 19.4. The van der Waals surface area contributed by atoms with Gasteiger partial charge in [0, 0.05) is 26.2 Å². The van der Waals surface area contributed by atoms with Gasteiger partial charge in [0.2, 0.25) is 0 Å². The van der Waals surface area contributed by atoms with E-state index in [1.165, 1.54) is 37.2 Å². The van der Waals surface area contributed by atoms with E-state index in [1.807, 2.05) is 22.7 Å². The predicted molar refractivity (Wildman–Crippen MR) is 123 cm³/mol. The van der Waals surface area contributed by atoms with Crippen molar-refractivity contribution >= 4 is 53.4 Å². The van der Waals surface area contributed by atoms with Crippen LogP contribution < -0.4 is 9.80 Å². The first-order valence-corrected chi connectivity index (χ1v) is 11.4. The Morgan fingerprint density at radius 3 is 2.00 bits per heavy atom. The Bertz CT molecular complexity index is 1170. The van der Waals surface area contributed by atoms with E-state index >= 15 is 0 Å². The monoisotopic (exact) mass is 408 g/mol. The first kappa shape index (κ1) is 17.9. The molecule has 2 aromatic heterocycles. The van der Waals surface area contributed by atoms with Crippen molar-refractivity contribution in [1.29, 1.82) is 0 Å². The first-order chi connectivity index (χ1) is 13.5. The van der Waals surface area contributed by atoms with Crippen LogP contribution in [0.1, 0.15) is 22.3 Å². The molecule has 1 fully saturated rings. The summed E-state index contributed by atoms with van der Waals surface area (Å²) in [5.74, 6) is 0. The maximum Gasteiger partial charge on any atom is 0.186 e. The summed E-state index contributed by atoms with van der Waals surface area (Å²) in [6.07, 6.45) is 0. The van der Waals surface area contributed by atoms with Crippen LogP contribution in [-0.4, -0.2) is 36.1 Å². The van der Waals surface area contributed by atoms with Crippen molar-refractivity contribution in [3.63, 3.8) is 0 Å². The molecule has 0 radical (unpaired) electrons. The SMILES string of the molecule is Cc1cc(C)c2nc(N3CCN(c4nc5c(C)c(C)ccc5s4)CC3)sc2c1. The third-order valence-corrected chi connectivity index (χ3v) is 7.86. The molecule has 5 rings (SSSR count). The lowest BCUT2D eigenvalue weighted by Gasteiger charge is -2.34. The molecule has 0 bridgehead atoms. The lowest BCUT2D eigenvalue weighted by atomic mass is 10.1. The van der Waals surface area contributed by atoms with Crippen molar-refractivity contribution in [3.05, 3.63) is 46.5 Å². The molecule has 0 saturated carbocycles. The highest BCUT2D eigenvalue weighted by Crippen LogP contribution is 2.35. The molecule has 144 valence electrons. The normalized spacial score (nSPS) is 15.1. The van der Waals surface area contributed by atoms with Gasteiger partial charge in [-0.2, -0.15) is 0 Å². The van der Waals surface area contributed by atoms with Gasteiger partial charge in [-0.15, -0.1) is 0 Å². The summed E-state index contributed by atoms with van der Waals surface area (Å²) in [7, 11) is 0. The quantitative estimate of drug-likeness (QED) is 0.440. The fourth-order valence-corrected chi connectivity index (χ4v) is 6.20. The van der Waals surface area contributed by atoms with Gasteiger partial charge in [-0.1, -0.05) is 34.8 Å². The molecule has 2 aromatic carbocycles. The number of nitrogens with zero attached hydrogens (tertiary/aromatic N) is 4. The van der Waals surface area contributed by atoms with Crippen LogP contribution in [0.3, 0.4) is 0 Å². The van der Waals surface area contributed by atoms with Crippen LogP contribution in [0.4, 0.5) is 10.3 Å². The summed E-state index contributed by atoms with van der Waals surface area (Å²) in [4.78, 5) is 14.8. The van der Waals surface area contributed by atoms with Gasteiger partial charge in [0.05, 0.1) is 20.4 Å². The maximum absolute atomic E-state index is 4.96. The average Bonchev–Trinajstić information content (AvgIpc) is 3.30. The Kier molecular flexibility index (Phi) is 4.29. The van der Waals surface area contributed by atoms with E-state index in [0.29, 0.717) is 0 Å². The second kappa shape index (κ2) is 6.71. The number of thiazole rings is 2. The van der Waals surface area contributed by atoms with Crippen LogP contribution in [0.5, 0.6) is 0 Å². The van der Waals surface area contributed by atoms with Crippen LogP contribution in [0.2, 0.25) is 0 Å². The fourth-order valence-electron chi connectivity index (χ4n) is 3.93. The molecule has 3 heterocycles. The maximum atomic E-state index is 4.96. The molecule has 1 aliphatic rings. The third-order valence-electron chi connectivity index (χ3n) is 5.71. The van der Waals surface area contributed by atoms with Gasteiger partial charge in [0.25, 0.3) is 0 Å². The van der Waals surface area contributed by atoms with Crippen molar-refractivity contribution in [1.82, 2.24) is 9.97 Å². The Morgan fingerprint density at radius 2 is 1.32 bits per heavy atom.